The van der Waals surface area contributed by atoms with Crippen LogP contribution < -0.4 is 15.4 Å². The molecule has 176 valence electrons. The van der Waals surface area contributed by atoms with Gasteiger partial charge in [0.15, 0.2) is 0 Å². The fraction of sp³-hybridized carbons (Fsp3) is 0.158. The monoisotopic (exact) mass is 506 g/mol. The van der Waals surface area contributed by atoms with E-state index in [9.17, 15) is 35.2 Å². The molecule has 0 spiro atoms. The third-order valence-electron chi connectivity index (χ3n) is 4.04. The van der Waals surface area contributed by atoms with Crippen molar-refractivity contribution in [1.29, 1.82) is 0 Å². The number of nitrogens with zero attached hydrogens (tertiary/aromatic N) is 1. The molecule has 3 rings (SSSR count). The number of urea groups is 1. The standard InChI is InChI=1S/C19H15F5N4O3S2/c20-12-7-13(21)9-15(8-12)28-18(29)27-14-3-1-11(2-4-14)16-10-25-17(32-16)5-6-26-33(30,31)19(22,23)24/h1-4,7-10,26H,5-6H2,(H2,27,28,29). The lowest BCUT2D eigenvalue weighted by molar-refractivity contribution is -0.0447. The molecule has 14 heteroatoms. The Morgan fingerprint density at radius 3 is 2.18 bits per heavy atom. The third kappa shape index (κ3) is 6.69. The normalized spacial score (nSPS) is 11.9. The van der Waals surface area contributed by atoms with Gasteiger partial charge in [0.2, 0.25) is 0 Å². The van der Waals surface area contributed by atoms with Crippen molar-refractivity contribution in [3.05, 3.63) is 65.3 Å². The first kappa shape index (κ1) is 24.5. The van der Waals surface area contributed by atoms with E-state index in [2.05, 4.69) is 15.6 Å². The van der Waals surface area contributed by atoms with Gasteiger partial charge in [0.05, 0.1) is 9.88 Å². The molecule has 3 N–H and O–H groups in total. The molecule has 2 aromatic carbocycles. The molecule has 1 heterocycles. The summed E-state index contributed by atoms with van der Waals surface area (Å²) in [6.45, 7) is -0.456. The molecule has 0 fully saturated rings. The Kier molecular flexibility index (Phi) is 7.29. The van der Waals surface area contributed by atoms with Crippen molar-refractivity contribution in [2.75, 3.05) is 17.2 Å². The van der Waals surface area contributed by atoms with Crippen molar-refractivity contribution in [2.24, 2.45) is 0 Å². The summed E-state index contributed by atoms with van der Waals surface area (Å²) in [5.41, 5.74) is -4.34. The maximum atomic E-state index is 13.2. The Morgan fingerprint density at radius 1 is 0.970 bits per heavy atom. The minimum absolute atomic E-state index is 0.0273. The number of carbonyl (C=O) groups excluding carboxylic acids is 1. The van der Waals surface area contributed by atoms with Crippen LogP contribution in [0, 0.1) is 11.6 Å². The minimum Gasteiger partial charge on any atom is -0.308 e. The molecule has 0 aliphatic carbocycles. The number of amides is 2. The summed E-state index contributed by atoms with van der Waals surface area (Å²) < 4.78 is 86.8. The van der Waals surface area contributed by atoms with E-state index in [0.717, 1.165) is 12.1 Å². The lowest BCUT2D eigenvalue weighted by Gasteiger charge is -2.08. The van der Waals surface area contributed by atoms with Crippen molar-refractivity contribution in [3.8, 4) is 10.4 Å². The van der Waals surface area contributed by atoms with Crippen molar-refractivity contribution in [2.45, 2.75) is 11.9 Å². The molecule has 33 heavy (non-hydrogen) atoms. The molecule has 0 unspecified atom stereocenters. The second-order valence-electron chi connectivity index (χ2n) is 6.53. The highest BCUT2D eigenvalue weighted by atomic mass is 32.2. The summed E-state index contributed by atoms with van der Waals surface area (Å²) in [7, 11) is -5.40. The molecule has 0 radical (unpaired) electrons. The molecular weight excluding hydrogens is 491 g/mol. The van der Waals surface area contributed by atoms with Crippen molar-refractivity contribution >= 4 is 38.8 Å². The van der Waals surface area contributed by atoms with Crippen LogP contribution in [0.25, 0.3) is 10.4 Å². The first-order chi connectivity index (χ1) is 15.4. The van der Waals surface area contributed by atoms with Gasteiger partial charge in [-0.25, -0.2) is 31.7 Å². The number of halogens is 5. The first-order valence-electron chi connectivity index (χ1n) is 9.08. The lowest BCUT2D eigenvalue weighted by Crippen LogP contribution is -2.37. The Morgan fingerprint density at radius 2 is 1.58 bits per heavy atom. The molecule has 2 amide bonds. The predicted octanol–water partition coefficient (Wildman–Crippen LogP) is 4.71. The van der Waals surface area contributed by atoms with Gasteiger partial charge in [-0.15, -0.1) is 11.3 Å². The molecular formula is C19H15F5N4O3S2. The summed E-state index contributed by atoms with van der Waals surface area (Å²) in [4.78, 5) is 16.7. The maximum Gasteiger partial charge on any atom is 0.511 e. The molecule has 1 aromatic heterocycles. The number of alkyl halides is 3. The Bertz CT molecular complexity index is 1220. The van der Waals surface area contributed by atoms with Gasteiger partial charge >= 0.3 is 21.6 Å². The number of anilines is 2. The van der Waals surface area contributed by atoms with Crippen LogP contribution in [0.2, 0.25) is 0 Å². The first-order valence-corrected chi connectivity index (χ1v) is 11.4. The van der Waals surface area contributed by atoms with E-state index in [1.807, 2.05) is 0 Å². The highest BCUT2D eigenvalue weighted by Gasteiger charge is 2.45. The summed E-state index contributed by atoms with van der Waals surface area (Å²) in [5.74, 6) is -1.67. The van der Waals surface area contributed by atoms with Crippen LogP contribution in [0.15, 0.2) is 48.7 Å². The second kappa shape index (κ2) is 9.80. The van der Waals surface area contributed by atoms with E-state index in [0.29, 0.717) is 27.2 Å². The fourth-order valence-electron chi connectivity index (χ4n) is 2.57. The van der Waals surface area contributed by atoms with E-state index in [1.165, 1.54) is 22.3 Å². The highest BCUT2D eigenvalue weighted by molar-refractivity contribution is 7.90. The minimum atomic E-state index is -5.40. The van der Waals surface area contributed by atoms with Gasteiger partial charge in [0.1, 0.15) is 11.6 Å². The molecule has 0 aliphatic heterocycles. The molecule has 0 saturated heterocycles. The van der Waals surface area contributed by atoms with Crippen molar-refractivity contribution in [1.82, 2.24) is 9.71 Å². The van der Waals surface area contributed by atoms with Gasteiger partial charge in [-0.3, -0.25) is 0 Å². The van der Waals surface area contributed by atoms with Crippen LogP contribution in [-0.4, -0.2) is 31.5 Å². The average Bonchev–Trinajstić information content (AvgIpc) is 3.15. The molecule has 3 aromatic rings. The molecule has 0 saturated carbocycles. The van der Waals surface area contributed by atoms with Crippen LogP contribution in [0.1, 0.15) is 5.01 Å². The zero-order valence-corrected chi connectivity index (χ0v) is 18.0. The molecule has 7 nitrogen and oxygen atoms in total. The number of thiazole rings is 1. The van der Waals surface area contributed by atoms with Gasteiger partial charge in [-0.05, 0) is 29.8 Å². The number of aromatic nitrogens is 1. The van der Waals surface area contributed by atoms with E-state index < -0.39 is 39.7 Å². The number of benzene rings is 2. The fourth-order valence-corrected chi connectivity index (χ4v) is 4.03. The number of nitrogens with one attached hydrogen (secondary N) is 3. The quantitative estimate of drug-likeness (QED) is 0.404. The van der Waals surface area contributed by atoms with Gasteiger partial charge in [0.25, 0.3) is 0 Å². The van der Waals surface area contributed by atoms with E-state index in [4.69, 9.17) is 0 Å². The third-order valence-corrected chi connectivity index (χ3v) is 6.34. The van der Waals surface area contributed by atoms with Crippen LogP contribution in [0.5, 0.6) is 0 Å². The number of rotatable bonds is 7. The van der Waals surface area contributed by atoms with Gasteiger partial charge in [-0.1, -0.05) is 12.1 Å². The topological polar surface area (TPSA) is 100 Å². The second-order valence-corrected chi connectivity index (χ2v) is 9.40. The van der Waals surface area contributed by atoms with Gasteiger partial charge in [-0.2, -0.15) is 13.2 Å². The van der Waals surface area contributed by atoms with Gasteiger partial charge in [0, 0.05) is 36.6 Å². The van der Waals surface area contributed by atoms with E-state index in [1.54, 1.807) is 24.3 Å². The summed E-state index contributed by atoms with van der Waals surface area (Å²) in [5, 5.41) is 5.24. The van der Waals surface area contributed by atoms with Crippen LogP contribution in [0.4, 0.5) is 38.1 Å². The lowest BCUT2D eigenvalue weighted by atomic mass is 10.2. The predicted molar refractivity (Wildman–Crippen MR) is 113 cm³/mol. The SMILES string of the molecule is O=C(Nc1ccc(-c2cnc(CCNS(=O)(=O)C(F)(F)F)s2)cc1)Nc1cc(F)cc(F)c1. The van der Waals surface area contributed by atoms with Crippen LogP contribution in [-0.2, 0) is 16.4 Å². The van der Waals surface area contributed by atoms with Gasteiger partial charge < -0.3 is 10.6 Å². The van der Waals surface area contributed by atoms with Crippen molar-refractivity contribution < 1.29 is 35.2 Å². The number of hydrogen-bond donors (Lipinski definition) is 3. The highest BCUT2D eigenvalue weighted by Crippen LogP contribution is 2.28. The van der Waals surface area contributed by atoms with Crippen LogP contribution in [0.3, 0.4) is 0 Å². The smallest absolute Gasteiger partial charge is 0.308 e. The molecule has 0 atom stereocenters. The van der Waals surface area contributed by atoms with Crippen molar-refractivity contribution in [3.63, 3.8) is 0 Å². The number of sulfonamides is 1. The number of hydrogen-bond acceptors (Lipinski definition) is 5. The van der Waals surface area contributed by atoms with E-state index >= 15 is 0 Å². The zero-order chi connectivity index (χ0) is 24.2. The Balaban J connectivity index is 1.56. The van der Waals surface area contributed by atoms with E-state index in [-0.39, 0.29) is 12.1 Å². The maximum absolute atomic E-state index is 13.2. The average molecular weight is 506 g/mol. The Hall–Kier alpha value is -3.10. The number of carbonyl (C=O) groups is 1. The zero-order valence-electron chi connectivity index (χ0n) is 16.4. The molecule has 0 bridgehead atoms. The largest absolute Gasteiger partial charge is 0.511 e. The molecule has 0 aliphatic rings. The summed E-state index contributed by atoms with van der Waals surface area (Å²) in [6.07, 6.45) is 1.46. The summed E-state index contributed by atoms with van der Waals surface area (Å²) in [6, 6.07) is 8.32. The van der Waals surface area contributed by atoms with Crippen LogP contribution >= 0.6 is 11.3 Å². The Labute approximate surface area is 188 Å². The summed E-state index contributed by atoms with van der Waals surface area (Å²) >= 11 is 1.17.